The zero-order chi connectivity index (χ0) is 12.3. The third-order valence-electron chi connectivity index (χ3n) is 2.05. The predicted octanol–water partition coefficient (Wildman–Crippen LogP) is 1.81. The number of aromatic nitrogens is 3. The fourth-order valence-corrected chi connectivity index (χ4v) is 2.04. The molecule has 2 aromatic rings. The largest absolute Gasteiger partial charge is 0.416 e. The molecule has 2 rings (SSSR count). The van der Waals surface area contributed by atoms with E-state index in [4.69, 9.17) is 10.2 Å². The van der Waals surface area contributed by atoms with E-state index in [0.717, 1.165) is 17.0 Å². The molecule has 5 nitrogen and oxygen atoms in total. The van der Waals surface area contributed by atoms with Crippen molar-refractivity contribution in [1.82, 2.24) is 15.2 Å². The molecule has 0 aromatic carbocycles. The van der Waals surface area contributed by atoms with Crippen LogP contribution in [-0.2, 0) is 6.42 Å². The van der Waals surface area contributed by atoms with E-state index in [-0.39, 0.29) is 6.04 Å². The zero-order valence-electron chi connectivity index (χ0n) is 9.75. The average molecular weight is 250 g/mol. The number of nitrogens with zero attached hydrogens (tertiary/aromatic N) is 3. The van der Waals surface area contributed by atoms with Crippen LogP contribution >= 0.6 is 11.8 Å². The second-order valence-corrected chi connectivity index (χ2v) is 4.85. The van der Waals surface area contributed by atoms with Gasteiger partial charge in [0.1, 0.15) is 5.03 Å². The Bertz CT molecular complexity index is 480. The summed E-state index contributed by atoms with van der Waals surface area (Å²) in [5, 5.41) is 9.00. The molecule has 0 aliphatic rings. The summed E-state index contributed by atoms with van der Waals surface area (Å²) in [4.78, 5) is 4.32. The molecule has 0 aliphatic heterocycles. The van der Waals surface area contributed by atoms with Gasteiger partial charge in [-0.05, 0) is 36.7 Å². The Hall–Kier alpha value is -1.40. The lowest BCUT2D eigenvalue weighted by Gasteiger charge is -2.04. The third-order valence-corrected chi connectivity index (χ3v) is 2.84. The standard InChI is InChI=1S/C11H14N4OS/c1-7(12)5-9-3-4-10(13-6-9)17-11-15-14-8(2)16-11/h3-4,6-7H,5,12H2,1-2H3. The first-order valence-corrected chi connectivity index (χ1v) is 6.13. The van der Waals surface area contributed by atoms with E-state index >= 15 is 0 Å². The van der Waals surface area contributed by atoms with Crippen LogP contribution in [0.25, 0.3) is 0 Å². The summed E-state index contributed by atoms with van der Waals surface area (Å²) >= 11 is 1.35. The van der Waals surface area contributed by atoms with Crippen molar-refractivity contribution in [3.63, 3.8) is 0 Å². The molecule has 0 radical (unpaired) electrons. The predicted molar refractivity (Wildman–Crippen MR) is 64.7 cm³/mol. The second-order valence-electron chi connectivity index (χ2n) is 3.88. The summed E-state index contributed by atoms with van der Waals surface area (Å²) in [6.45, 7) is 3.74. The highest BCUT2D eigenvalue weighted by molar-refractivity contribution is 7.99. The van der Waals surface area contributed by atoms with Crippen molar-refractivity contribution in [3.05, 3.63) is 29.8 Å². The van der Waals surface area contributed by atoms with E-state index in [0.29, 0.717) is 11.1 Å². The van der Waals surface area contributed by atoms with Gasteiger partial charge < -0.3 is 10.2 Å². The van der Waals surface area contributed by atoms with Crippen LogP contribution in [0.2, 0.25) is 0 Å². The molecule has 1 atom stereocenters. The lowest BCUT2D eigenvalue weighted by Crippen LogP contribution is -2.17. The first-order valence-electron chi connectivity index (χ1n) is 5.32. The Morgan fingerprint density at radius 1 is 1.41 bits per heavy atom. The minimum atomic E-state index is 0.147. The van der Waals surface area contributed by atoms with Crippen molar-refractivity contribution in [1.29, 1.82) is 0 Å². The summed E-state index contributed by atoms with van der Waals surface area (Å²) in [5.41, 5.74) is 6.85. The van der Waals surface area contributed by atoms with Crippen molar-refractivity contribution < 1.29 is 4.42 Å². The van der Waals surface area contributed by atoms with Gasteiger partial charge in [-0.25, -0.2) is 4.98 Å². The molecular weight excluding hydrogens is 236 g/mol. The number of rotatable bonds is 4. The second kappa shape index (κ2) is 5.29. The SMILES string of the molecule is Cc1nnc(Sc2ccc(CC(C)N)cn2)o1. The fourth-order valence-electron chi connectivity index (χ4n) is 1.37. The van der Waals surface area contributed by atoms with E-state index in [1.54, 1.807) is 6.92 Å². The molecule has 0 saturated carbocycles. The molecule has 2 N–H and O–H groups in total. The Labute approximate surface area is 104 Å². The molecule has 17 heavy (non-hydrogen) atoms. The van der Waals surface area contributed by atoms with Crippen molar-refractivity contribution in [3.8, 4) is 0 Å². The first-order chi connectivity index (χ1) is 8.13. The van der Waals surface area contributed by atoms with Gasteiger partial charge in [0.2, 0.25) is 5.89 Å². The maximum Gasteiger partial charge on any atom is 0.282 e. The molecule has 90 valence electrons. The molecule has 0 bridgehead atoms. The number of hydrogen-bond donors (Lipinski definition) is 1. The number of hydrogen-bond acceptors (Lipinski definition) is 6. The summed E-state index contributed by atoms with van der Waals surface area (Å²) in [6, 6.07) is 4.10. The van der Waals surface area contributed by atoms with Gasteiger partial charge in [-0.2, -0.15) is 0 Å². The van der Waals surface area contributed by atoms with Gasteiger partial charge in [0, 0.05) is 19.2 Å². The summed E-state index contributed by atoms with van der Waals surface area (Å²) in [7, 11) is 0. The van der Waals surface area contributed by atoms with Crippen LogP contribution in [0.15, 0.2) is 33.0 Å². The molecule has 0 amide bonds. The van der Waals surface area contributed by atoms with Crippen LogP contribution in [0, 0.1) is 6.92 Å². The Kier molecular flexibility index (Phi) is 3.75. The summed E-state index contributed by atoms with van der Waals surface area (Å²) in [5.74, 6) is 0.557. The van der Waals surface area contributed by atoms with E-state index in [9.17, 15) is 0 Å². The average Bonchev–Trinajstić information content (AvgIpc) is 2.66. The maximum absolute atomic E-state index is 5.72. The van der Waals surface area contributed by atoms with Crippen molar-refractivity contribution in [2.24, 2.45) is 5.73 Å². The Morgan fingerprint density at radius 3 is 2.76 bits per heavy atom. The third kappa shape index (κ3) is 3.54. The van der Waals surface area contributed by atoms with Crippen molar-refractivity contribution >= 4 is 11.8 Å². The maximum atomic E-state index is 5.72. The molecule has 2 heterocycles. The van der Waals surface area contributed by atoms with Gasteiger partial charge in [0.05, 0.1) is 0 Å². The van der Waals surface area contributed by atoms with Crippen LogP contribution in [-0.4, -0.2) is 21.2 Å². The molecule has 0 aliphatic carbocycles. The summed E-state index contributed by atoms with van der Waals surface area (Å²) < 4.78 is 5.26. The highest BCUT2D eigenvalue weighted by Crippen LogP contribution is 2.24. The number of pyridine rings is 1. The summed E-state index contributed by atoms with van der Waals surface area (Å²) in [6.07, 6.45) is 2.66. The van der Waals surface area contributed by atoms with E-state index < -0.39 is 0 Å². The molecule has 1 unspecified atom stereocenters. The van der Waals surface area contributed by atoms with Gasteiger partial charge >= 0.3 is 0 Å². The lowest BCUT2D eigenvalue weighted by molar-refractivity contribution is 0.429. The molecule has 0 fully saturated rings. The number of nitrogens with two attached hydrogens (primary N) is 1. The first kappa shape index (κ1) is 12.1. The Balaban J connectivity index is 2.03. The Morgan fingerprint density at radius 2 is 2.24 bits per heavy atom. The van der Waals surface area contributed by atoms with Crippen LogP contribution < -0.4 is 5.73 Å². The molecule has 0 spiro atoms. The van der Waals surface area contributed by atoms with Gasteiger partial charge in [0.15, 0.2) is 0 Å². The van der Waals surface area contributed by atoms with Crippen LogP contribution in [0.3, 0.4) is 0 Å². The molecule has 0 saturated heterocycles. The van der Waals surface area contributed by atoms with Crippen LogP contribution in [0.4, 0.5) is 0 Å². The molecular formula is C11H14N4OS. The van der Waals surface area contributed by atoms with Gasteiger partial charge in [-0.1, -0.05) is 6.07 Å². The molecule has 6 heteroatoms. The topological polar surface area (TPSA) is 77.8 Å². The monoisotopic (exact) mass is 250 g/mol. The zero-order valence-corrected chi connectivity index (χ0v) is 10.6. The highest BCUT2D eigenvalue weighted by atomic mass is 32.2. The minimum Gasteiger partial charge on any atom is -0.416 e. The minimum absolute atomic E-state index is 0.147. The van der Waals surface area contributed by atoms with E-state index in [2.05, 4.69) is 15.2 Å². The van der Waals surface area contributed by atoms with Crippen molar-refractivity contribution in [2.45, 2.75) is 36.6 Å². The quantitative estimate of drug-likeness (QED) is 0.891. The van der Waals surface area contributed by atoms with Gasteiger partial charge in [-0.15, -0.1) is 10.2 Å². The van der Waals surface area contributed by atoms with Crippen LogP contribution in [0.5, 0.6) is 0 Å². The van der Waals surface area contributed by atoms with E-state index in [1.807, 2.05) is 25.3 Å². The fraction of sp³-hybridized carbons (Fsp3) is 0.364. The van der Waals surface area contributed by atoms with Crippen molar-refractivity contribution in [2.75, 3.05) is 0 Å². The van der Waals surface area contributed by atoms with Gasteiger partial charge in [-0.3, -0.25) is 0 Å². The highest BCUT2D eigenvalue weighted by Gasteiger charge is 2.06. The molecule has 2 aromatic heterocycles. The smallest absolute Gasteiger partial charge is 0.282 e. The van der Waals surface area contributed by atoms with Gasteiger partial charge in [0.25, 0.3) is 5.22 Å². The number of aryl methyl sites for hydroxylation is 1. The van der Waals surface area contributed by atoms with Crippen LogP contribution in [0.1, 0.15) is 18.4 Å². The lowest BCUT2D eigenvalue weighted by atomic mass is 10.1. The normalized spacial score (nSPS) is 12.6. The van der Waals surface area contributed by atoms with E-state index in [1.165, 1.54) is 11.8 Å².